The second-order valence-corrected chi connectivity index (χ2v) is 7.21. The predicted octanol–water partition coefficient (Wildman–Crippen LogP) is 3.20. The predicted molar refractivity (Wildman–Crippen MR) is 86.4 cm³/mol. The lowest BCUT2D eigenvalue weighted by atomic mass is 10.0. The van der Waals surface area contributed by atoms with Crippen LogP contribution in [0.25, 0.3) is 0 Å². The largest absolute Gasteiger partial charge is 0.320 e. The maximum Gasteiger partial charge on any atom is 0.241 e. The molecule has 0 bridgehead atoms. The highest BCUT2D eigenvalue weighted by Crippen LogP contribution is 2.37. The van der Waals surface area contributed by atoms with Crippen molar-refractivity contribution in [2.45, 2.75) is 58.4 Å². The fraction of sp³-hybridized carbons (Fsp3) is 0.625. The van der Waals surface area contributed by atoms with E-state index in [0.29, 0.717) is 22.9 Å². The van der Waals surface area contributed by atoms with Crippen LogP contribution >= 0.6 is 11.3 Å². The Labute approximate surface area is 130 Å². The van der Waals surface area contributed by atoms with Gasteiger partial charge in [0.15, 0.2) is 0 Å². The molecule has 0 fully saturated rings. The number of thiophene rings is 1. The summed E-state index contributed by atoms with van der Waals surface area (Å²) in [4.78, 5) is 13.4. The lowest BCUT2D eigenvalue weighted by Gasteiger charge is -2.13. The van der Waals surface area contributed by atoms with Gasteiger partial charge in [-0.25, -0.2) is 0 Å². The fourth-order valence-corrected chi connectivity index (χ4v) is 4.01. The molecule has 0 spiro atoms. The van der Waals surface area contributed by atoms with Gasteiger partial charge in [-0.1, -0.05) is 20.3 Å². The summed E-state index contributed by atoms with van der Waals surface area (Å²) in [5.41, 5.74) is 7.72. The number of nitrogens with two attached hydrogens (primary N) is 1. The number of nitriles is 1. The molecule has 2 rings (SSSR count). The van der Waals surface area contributed by atoms with Gasteiger partial charge in [0.05, 0.1) is 11.6 Å². The van der Waals surface area contributed by atoms with E-state index in [1.165, 1.54) is 17.7 Å². The Balaban J connectivity index is 2.17. The molecule has 1 heterocycles. The number of carbonyl (C=O) groups excluding carboxylic acids is 1. The smallest absolute Gasteiger partial charge is 0.241 e. The Morgan fingerprint density at radius 2 is 2.10 bits per heavy atom. The van der Waals surface area contributed by atoms with Crippen molar-refractivity contribution in [3.8, 4) is 6.07 Å². The molecule has 21 heavy (non-hydrogen) atoms. The number of hydrogen-bond acceptors (Lipinski definition) is 4. The SMILES string of the molecule is CC(C)C[C@H](N)C(=O)Nc1sc2c(c1C#N)CCCCC2. The van der Waals surface area contributed by atoms with E-state index in [-0.39, 0.29) is 5.91 Å². The van der Waals surface area contributed by atoms with Crippen LogP contribution < -0.4 is 11.1 Å². The summed E-state index contributed by atoms with van der Waals surface area (Å²) in [5.74, 6) is 0.192. The molecule has 1 aliphatic carbocycles. The molecule has 0 aliphatic heterocycles. The third-order valence-electron chi connectivity index (χ3n) is 3.83. The van der Waals surface area contributed by atoms with Gasteiger partial charge in [-0.05, 0) is 43.6 Å². The average Bonchev–Trinajstić information content (AvgIpc) is 2.58. The highest BCUT2D eigenvalue weighted by atomic mass is 32.1. The monoisotopic (exact) mass is 305 g/mol. The number of nitrogens with one attached hydrogen (secondary N) is 1. The number of anilines is 1. The second-order valence-electron chi connectivity index (χ2n) is 6.11. The minimum Gasteiger partial charge on any atom is -0.320 e. The van der Waals surface area contributed by atoms with E-state index in [0.717, 1.165) is 24.8 Å². The number of rotatable bonds is 4. The fourth-order valence-electron chi connectivity index (χ4n) is 2.77. The third kappa shape index (κ3) is 3.84. The van der Waals surface area contributed by atoms with Crippen LogP contribution in [0.3, 0.4) is 0 Å². The van der Waals surface area contributed by atoms with Crippen LogP contribution in [0.4, 0.5) is 5.00 Å². The van der Waals surface area contributed by atoms with Gasteiger partial charge in [-0.15, -0.1) is 11.3 Å². The molecule has 1 aliphatic rings. The Morgan fingerprint density at radius 3 is 2.76 bits per heavy atom. The molecule has 1 amide bonds. The van der Waals surface area contributed by atoms with Crippen molar-refractivity contribution < 1.29 is 4.79 Å². The van der Waals surface area contributed by atoms with E-state index in [1.54, 1.807) is 11.3 Å². The maximum atomic E-state index is 12.2. The summed E-state index contributed by atoms with van der Waals surface area (Å²) < 4.78 is 0. The Hall–Kier alpha value is -1.38. The quantitative estimate of drug-likeness (QED) is 0.838. The molecule has 4 nitrogen and oxygen atoms in total. The standard InChI is InChI=1S/C16H23N3OS/c1-10(2)8-13(18)15(20)19-16-12(9-17)11-6-4-3-5-7-14(11)21-16/h10,13H,3-8,18H2,1-2H3,(H,19,20)/t13-/m0/s1. The summed E-state index contributed by atoms with van der Waals surface area (Å²) in [6.45, 7) is 4.09. The first kappa shape index (κ1) is 16.0. The number of aryl methyl sites for hydroxylation is 1. The minimum absolute atomic E-state index is 0.184. The maximum absolute atomic E-state index is 12.2. The van der Waals surface area contributed by atoms with Crippen molar-refractivity contribution in [1.82, 2.24) is 0 Å². The molecule has 3 N–H and O–H groups in total. The molecule has 5 heteroatoms. The van der Waals surface area contributed by atoms with Gasteiger partial charge in [-0.2, -0.15) is 5.26 Å². The van der Waals surface area contributed by atoms with Crippen molar-refractivity contribution in [2.24, 2.45) is 11.7 Å². The first-order valence-corrected chi connectivity index (χ1v) is 8.45. The van der Waals surface area contributed by atoms with E-state index in [1.807, 2.05) is 13.8 Å². The third-order valence-corrected chi connectivity index (χ3v) is 5.04. The minimum atomic E-state index is -0.515. The van der Waals surface area contributed by atoms with Crippen LogP contribution in [0.1, 0.15) is 55.5 Å². The van der Waals surface area contributed by atoms with Crippen molar-refractivity contribution in [1.29, 1.82) is 5.26 Å². The average molecular weight is 305 g/mol. The molecular formula is C16H23N3OS. The number of amides is 1. The zero-order valence-electron chi connectivity index (χ0n) is 12.7. The molecule has 0 unspecified atom stereocenters. The molecule has 0 aromatic carbocycles. The van der Waals surface area contributed by atoms with Gasteiger partial charge in [-0.3, -0.25) is 4.79 Å². The summed E-state index contributed by atoms with van der Waals surface area (Å²) in [5, 5.41) is 13.0. The highest BCUT2D eigenvalue weighted by Gasteiger charge is 2.23. The van der Waals surface area contributed by atoms with E-state index >= 15 is 0 Å². The highest BCUT2D eigenvalue weighted by molar-refractivity contribution is 7.16. The van der Waals surface area contributed by atoms with Crippen LogP contribution in [0, 0.1) is 17.2 Å². The zero-order chi connectivity index (χ0) is 15.4. The molecule has 1 aromatic heterocycles. The van der Waals surface area contributed by atoms with Crippen LogP contribution in [-0.2, 0) is 17.6 Å². The number of carbonyl (C=O) groups is 1. The van der Waals surface area contributed by atoms with E-state index in [9.17, 15) is 10.1 Å². The van der Waals surface area contributed by atoms with Crippen LogP contribution in [0.5, 0.6) is 0 Å². The van der Waals surface area contributed by atoms with Crippen LogP contribution in [0.15, 0.2) is 0 Å². The van der Waals surface area contributed by atoms with Crippen molar-refractivity contribution >= 4 is 22.2 Å². The number of fused-ring (bicyclic) bond motifs is 1. The lowest BCUT2D eigenvalue weighted by Crippen LogP contribution is -2.36. The molecule has 114 valence electrons. The molecule has 1 aromatic rings. The van der Waals surface area contributed by atoms with E-state index < -0.39 is 6.04 Å². The second kappa shape index (κ2) is 7.06. The van der Waals surface area contributed by atoms with Crippen molar-refractivity contribution in [3.63, 3.8) is 0 Å². The normalized spacial score (nSPS) is 16.0. The molecule has 0 radical (unpaired) electrons. The van der Waals surface area contributed by atoms with E-state index in [4.69, 9.17) is 5.73 Å². The van der Waals surface area contributed by atoms with E-state index in [2.05, 4.69) is 11.4 Å². The summed E-state index contributed by atoms with van der Waals surface area (Å²) in [6, 6.07) is 1.76. The van der Waals surface area contributed by atoms with Gasteiger partial charge in [0.1, 0.15) is 11.1 Å². The lowest BCUT2D eigenvalue weighted by molar-refractivity contribution is -0.117. The van der Waals surface area contributed by atoms with Crippen molar-refractivity contribution in [3.05, 3.63) is 16.0 Å². The Bertz CT molecular complexity index is 557. The molecular weight excluding hydrogens is 282 g/mol. The van der Waals surface area contributed by atoms with Gasteiger partial charge in [0.25, 0.3) is 0 Å². The van der Waals surface area contributed by atoms with Gasteiger partial charge >= 0.3 is 0 Å². The first-order valence-electron chi connectivity index (χ1n) is 7.64. The van der Waals surface area contributed by atoms with Gasteiger partial charge in [0, 0.05) is 4.88 Å². The zero-order valence-corrected chi connectivity index (χ0v) is 13.6. The van der Waals surface area contributed by atoms with Crippen molar-refractivity contribution in [2.75, 3.05) is 5.32 Å². The molecule has 1 atom stereocenters. The first-order chi connectivity index (χ1) is 10.0. The number of hydrogen-bond donors (Lipinski definition) is 2. The number of nitrogens with zero attached hydrogens (tertiary/aromatic N) is 1. The van der Waals surface area contributed by atoms with Crippen LogP contribution in [0.2, 0.25) is 0 Å². The van der Waals surface area contributed by atoms with Crippen LogP contribution in [-0.4, -0.2) is 11.9 Å². The summed E-state index contributed by atoms with van der Waals surface area (Å²) in [7, 11) is 0. The molecule has 0 saturated carbocycles. The Kier molecular flexibility index (Phi) is 5.38. The van der Waals surface area contributed by atoms with Gasteiger partial charge in [0.2, 0.25) is 5.91 Å². The topological polar surface area (TPSA) is 78.9 Å². The van der Waals surface area contributed by atoms with Gasteiger partial charge < -0.3 is 11.1 Å². The Morgan fingerprint density at radius 1 is 1.38 bits per heavy atom. The summed E-state index contributed by atoms with van der Waals surface area (Å²) in [6.07, 6.45) is 6.12. The summed E-state index contributed by atoms with van der Waals surface area (Å²) >= 11 is 1.55. The molecule has 0 saturated heterocycles.